The molecule has 94 valence electrons. The van der Waals surface area contributed by atoms with E-state index in [0.29, 0.717) is 0 Å². The largest absolute Gasteiger partial charge is 0.377 e. The van der Waals surface area contributed by atoms with Crippen LogP contribution in [0.5, 0.6) is 0 Å². The molecule has 0 aliphatic rings. The fourth-order valence-electron chi connectivity index (χ4n) is 1.77. The molecule has 0 aliphatic heterocycles. The van der Waals surface area contributed by atoms with Crippen LogP contribution in [0.1, 0.15) is 24.1 Å². The number of benzene rings is 1. The molecule has 0 amide bonds. The highest BCUT2D eigenvalue weighted by Crippen LogP contribution is 2.34. The first-order valence-electron chi connectivity index (χ1n) is 5.70. The van der Waals surface area contributed by atoms with Gasteiger partial charge in [0.1, 0.15) is 0 Å². The van der Waals surface area contributed by atoms with Crippen molar-refractivity contribution in [3.05, 3.63) is 56.7 Å². The maximum absolute atomic E-state index is 4.14. The first-order valence-corrected chi connectivity index (χ1v) is 7.28. The van der Waals surface area contributed by atoms with Crippen LogP contribution in [0.3, 0.4) is 0 Å². The molecule has 0 aliphatic carbocycles. The zero-order valence-corrected chi connectivity index (χ0v) is 13.4. The second kappa shape index (κ2) is 5.85. The Morgan fingerprint density at radius 1 is 1.22 bits per heavy atom. The number of hydrogen-bond acceptors (Lipinski definition) is 2. The summed E-state index contributed by atoms with van der Waals surface area (Å²) in [5.74, 6) is 0. The maximum atomic E-state index is 4.14. The van der Waals surface area contributed by atoms with Gasteiger partial charge in [-0.15, -0.1) is 0 Å². The van der Waals surface area contributed by atoms with Gasteiger partial charge in [-0.05, 0) is 75.0 Å². The average Bonchev–Trinajstić information content (AvgIpc) is 2.34. The Bertz CT molecular complexity index is 518. The standard InChI is InChI=1S/C14H14Br2N2/c1-9-6-12(15)14(13(16)7-9)18-10(2)11-4-3-5-17-8-11/h3-8,10,18H,1-2H3. The van der Waals surface area contributed by atoms with E-state index < -0.39 is 0 Å². The minimum Gasteiger partial charge on any atom is -0.377 e. The van der Waals surface area contributed by atoms with Gasteiger partial charge in [0.15, 0.2) is 0 Å². The lowest BCUT2D eigenvalue weighted by Gasteiger charge is -2.18. The second-order valence-electron chi connectivity index (χ2n) is 4.26. The van der Waals surface area contributed by atoms with Crippen LogP contribution in [-0.2, 0) is 0 Å². The molecule has 4 heteroatoms. The third-order valence-electron chi connectivity index (χ3n) is 2.73. The van der Waals surface area contributed by atoms with Crippen LogP contribution in [0.2, 0.25) is 0 Å². The minimum atomic E-state index is 0.203. The fourth-order valence-corrected chi connectivity index (χ4v) is 3.41. The second-order valence-corrected chi connectivity index (χ2v) is 5.96. The van der Waals surface area contributed by atoms with E-state index in [-0.39, 0.29) is 6.04 Å². The number of rotatable bonds is 3. The van der Waals surface area contributed by atoms with E-state index in [1.165, 1.54) is 5.56 Å². The third-order valence-corrected chi connectivity index (χ3v) is 3.98. The Morgan fingerprint density at radius 2 is 1.89 bits per heavy atom. The Hall–Kier alpha value is -0.870. The van der Waals surface area contributed by atoms with Crippen molar-refractivity contribution in [2.24, 2.45) is 0 Å². The normalized spacial score (nSPS) is 12.2. The number of nitrogens with zero attached hydrogens (tertiary/aromatic N) is 1. The van der Waals surface area contributed by atoms with Crippen LogP contribution in [0.15, 0.2) is 45.6 Å². The van der Waals surface area contributed by atoms with Gasteiger partial charge in [-0.3, -0.25) is 4.98 Å². The number of aryl methyl sites for hydroxylation is 1. The zero-order chi connectivity index (χ0) is 13.1. The smallest absolute Gasteiger partial charge is 0.0633 e. The molecule has 0 spiro atoms. The van der Waals surface area contributed by atoms with Gasteiger partial charge < -0.3 is 5.32 Å². The van der Waals surface area contributed by atoms with Crippen molar-refractivity contribution in [1.82, 2.24) is 4.98 Å². The quantitative estimate of drug-likeness (QED) is 0.815. The zero-order valence-electron chi connectivity index (χ0n) is 10.2. The lowest BCUT2D eigenvalue weighted by Crippen LogP contribution is -2.08. The van der Waals surface area contributed by atoms with Gasteiger partial charge in [-0.25, -0.2) is 0 Å². The number of halogens is 2. The molecule has 1 aromatic carbocycles. The van der Waals surface area contributed by atoms with E-state index in [2.05, 4.69) is 74.2 Å². The Balaban J connectivity index is 2.25. The molecule has 1 aromatic heterocycles. The lowest BCUT2D eigenvalue weighted by molar-refractivity contribution is 0.873. The number of hydrogen-bond donors (Lipinski definition) is 1. The molecule has 2 nitrogen and oxygen atoms in total. The minimum absolute atomic E-state index is 0.203. The van der Waals surface area contributed by atoms with E-state index >= 15 is 0 Å². The summed E-state index contributed by atoms with van der Waals surface area (Å²) in [5, 5.41) is 3.49. The van der Waals surface area contributed by atoms with Crippen LogP contribution < -0.4 is 5.32 Å². The van der Waals surface area contributed by atoms with Gasteiger partial charge in [-0.2, -0.15) is 0 Å². The molecule has 0 saturated heterocycles. The third kappa shape index (κ3) is 3.12. The molecule has 2 rings (SSSR count). The number of nitrogens with one attached hydrogen (secondary N) is 1. The molecule has 1 N–H and O–H groups in total. The summed E-state index contributed by atoms with van der Waals surface area (Å²) in [6.07, 6.45) is 3.67. The average molecular weight is 370 g/mol. The van der Waals surface area contributed by atoms with Crippen molar-refractivity contribution in [1.29, 1.82) is 0 Å². The van der Waals surface area contributed by atoms with E-state index in [1.54, 1.807) is 6.20 Å². The first-order chi connectivity index (χ1) is 8.58. The summed E-state index contributed by atoms with van der Waals surface area (Å²) in [5.41, 5.74) is 3.45. The highest BCUT2D eigenvalue weighted by atomic mass is 79.9. The lowest BCUT2D eigenvalue weighted by atomic mass is 10.1. The topological polar surface area (TPSA) is 24.9 Å². The molecular formula is C14H14Br2N2. The van der Waals surface area contributed by atoms with Crippen molar-refractivity contribution < 1.29 is 0 Å². The van der Waals surface area contributed by atoms with Gasteiger partial charge in [0.2, 0.25) is 0 Å². The van der Waals surface area contributed by atoms with Gasteiger partial charge in [0, 0.05) is 21.3 Å². The van der Waals surface area contributed by atoms with Crippen molar-refractivity contribution >= 4 is 37.5 Å². The molecular weight excluding hydrogens is 356 g/mol. The Labute approximate surface area is 124 Å². The number of anilines is 1. The van der Waals surface area contributed by atoms with E-state index in [4.69, 9.17) is 0 Å². The van der Waals surface area contributed by atoms with E-state index in [0.717, 1.165) is 20.2 Å². The predicted molar refractivity (Wildman–Crippen MR) is 82.9 cm³/mol. The highest BCUT2D eigenvalue weighted by Gasteiger charge is 2.10. The monoisotopic (exact) mass is 368 g/mol. The van der Waals surface area contributed by atoms with Crippen molar-refractivity contribution in [2.75, 3.05) is 5.32 Å². The Morgan fingerprint density at radius 3 is 2.44 bits per heavy atom. The summed E-state index contributed by atoms with van der Waals surface area (Å²) >= 11 is 7.18. The summed E-state index contributed by atoms with van der Waals surface area (Å²) in [7, 11) is 0. The van der Waals surface area contributed by atoms with E-state index in [1.807, 2.05) is 12.3 Å². The van der Waals surface area contributed by atoms with Gasteiger partial charge in [0.25, 0.3) is 0 Å². The van der Waals surface area contributed by atoms with E-state index in [9.17, 15) is 0 Å². The molecule has 0 radical (unpaired) electrons. The Kier molecular flexibility index (Phi) is 4.40. The summed E-state index contributed by atoms with van der Waals surface area (Å²) < 4.78 is 2.12. The molecule has 18 heavy (non-hydrogen) atoms. The number of pyridine rings is 1. The van der Waals surface area contributed by atoms with Crippen molar-refractivity contribution in [2.45, 2.75) is 19.9 Å². The molecule has 1 atom stereocenters. The summed E-state index contributed by atoms with van der Waals surface area (Å²) in [6.45, 7) is 4.19. The van der Waals surface area contributed by atoms with Gasteiger partial charge in [-0.1, -0.05) is 6.07 Å². The molecule has 2 aromatic rings. The molecule has 1 heterocycles. The highest BCUT2D eigenvalue weighted by molar-refractivity contribution is 9.11. The maximum Gasteiger partial charge on any atom is 0.0633 e. The van der Waals surface area contributed by atoms with Gasteiger partial charge in [0.05, 0.1) is 11.7 Å². The summed E-state index contributed by atoms with van der Waals surface area (Å²) in [6, 6.07) is 8.42. The van der Waals surface area contributed by atoms with Crippen LogP contribution >= 0.6 is 31.9 Å². The molecule has 0 fully saturated rings. The van der Waals surface area contributed by atoms with Crippen LogP contribution in [0.25, 0.3) is 0 Å². The van der Waals surface area contributed by atoms with Crippen LogP contribution in [0, 0.1) is 6.92 Å². The van der Waals surface area contributed by atoms with Crippen LogP contribution in [0.4, 0.5) is 5.69 Å². The predicted octanol–water partition coefficient (Wildman–Crippen LogP) is 5.09. The molecule has 0 saturated carbocycles. The van der Waals surface area contributed by atoms with Crippen molar-refractivity contribution in [3.63, 3.8) is 0 Å². The SMILES string of the molecule is Cc1cc(Br)c(NC(C)c2cccnc2)c(Br)c1. The van der Waals surface area contributed by atoms with Crippen LogP contribution in [-0.4, -0.2) is 4.98 Å². The number of aromatic nitrogens is 1. The summed E-state index contributed by atoms with van der Waals surface area (Å²) in [4.78, 5) is 4.14. The van der Waals surface area contributed by atoms with Gasteiger partial charge >= 0.3 is 0 Å². The van der Waals surface area contributed by atoms with Crippen molar-refractivity contribution in [3.8, 4) is 0 Å². The first kappa shape index (κ1) is 13.6. The molecule has 1 unspecified atom stereocenters. The fraction of sp³-hybridized carbons (Fsp3) is 0.214. The molecule has 0 bridgehead atoms.